The zero-order chi connectivity index (χ0) is 29.0. The van der Waals surface area contributed by atoms with Crippen molar-refractivity contribution in [1.82, 2.24) is 4.90 Å². The van der Waals surface area contributed by atoms with Crippen molar-refractivity contribution in [2.45, 2.75) is 70.2 Å². The molecule has 3 saturated heterocycles. The quantitative estimate of drug-likeness (QED) is 0.214. The van der Waals surface area contributed by atoms with Crippen molar-refractivity contribution in [3.05, 3.63) is 49.6 Å². The van der Waals surface area contributed by atoms with Crippen LogP contribution in [0.4, 0.5) is 11.4 Å². The molecule has 2 amide bonds. The highest BCUT2D eigenvalue weighted by atomic mass is 16.6. The van der Waals surface area contributed by atoms with Gasteiger partial charge in [-0.3, -0.25) is 14.4 Å². The van der Waals surface area contributed by atoms with Gasteiger partial charge >= 0.3 is 5.97 Å². The summed E-state index contributed by atoms with van der Waals surface area (Å²) in [5, 5.41) is 10.1. The number of ether oxygens (including phenoxy) is 2. The summed E-state index contributed by atoms with van der Waals surface area (Å²) in [6.45, 7) is 15.3. The number of esters is 1. The third-order valence-corrected chi connectivity index (χ3v) is 8.65. The van der Waals surface area contributed by atoms with Crippen LogP contribution in [-0.4, -0.2) is 84.4 Å². The van der Waals surface area contributed by atoms with Crippen molar-refractivity contribution in [1.29, 1.82) is 0 Å². The molecule has 1 N–H and O–H groups in total. The fourth-order valence-electron chi connectivity index (χ4n) is 6.73. The summed E-state index contributed by atoms with van der Waals surface area (Å²) in [7, 11) is 0. The molecule has 1 spiro atoms. The molecule has 1 aromatic carbocycles. The monoisotopic (exact) mass is 553 g/mol. The smallest absolute Gasteiger partial charge is 0.312 e. The lowest BCUT2D eigenvalue weighted by atomic mass is 9.70. The number of allylic oxidation sites excluding steroid dienone is 1. The number of hydrogen-bond acceptors (Lipinski definition) is 7. The maximum absolute atomic E-state index is 14.5. The summed E-state index contributed by atoms with van der Waals surface area (Å²) < 4.78 is 12.0. The van der Waals surface area contributed by atoms with Gasteiger partial charge in [-0.2, -0.15) is 0 Å². The normalized spacial score (nSPS) is 27.3. The van der Waals surface area contributed by atoms with Gasteiger partial charge in [0.2, 0.25) is 5.91 Å². The Hall–Kier alpha value is -3.17. The van der Waals surface area contributed by atoms with Gasteiger partial charge in [-0.05, 0) is 70.7 Å². The Morgan fingerprint density at radius 2 is 1.88 bits per heavy atom. The lowest BCUT2D eigenvalue weighted by Crippen LogP contribution is -2.58. The van der Waals surface area contributed by atoms with Crippen molar-refractivity contribution in [2.75, 3.05) is 42.6 Å². The highest BCUT2D eigenvalue weighted by molar-refractivity contribution is 6.04. The summed E-state index contributed by atoms with van der Waals surface area (Å²) in [6, 6.07) is 6.14. The third kappa shape index (κ3) is 5.05. The zero-order valence-corrected chi connectivity index (χ0v) is 24.0. The predicted molar refractivity (Wildman–Crippen MR) is 154 cm³/mol. The number of aliphatic hydroxyl groups is 1. The first kappa shape index (κ1) is 29.8. The summed E-state index contributed by atoms with van der Waals surface area (Å²) in [4.78, 5) is 47.0. The van der Waals surface area contributed by atoms with E-state index in [4.69, 9.17) is 9.47 Å². The van der Waals surface area contributed by atoms with Crippen LogP contribution in [0.15, 0.2) is 49.6 Å². The molecular formula is C31H43N3O6. The molecule has 1 aromatic rings. The van der Waals surface area contributed by atoms with Gasteiger partial charge < -0.3 is 29.3 Å². The molecule has 0 aromatic heterocycles. The zero-order valence-electron chi connectivity index (χ0n) is 24.0. The Bertz CT molecular complexity index is 1100. The highest BCUT2D eigenvalue weighted by Crippen LogP contribution is 2.59. The average Bonchev–Trinajstić information content (AvgIpc) is 3.61. The first-order valence-corrected chi connectivity index (χ1v) is 14.4. The molecule has 0 saturated carbocycles. The molecule has 3 aliphatic rings. The van der Waals surface area contributed by atoms with E-state index in [0.717, 1.165) is 25.2 Å². The Morgan fingerprint density at radius 1 is 1.20 bits per heavy atom. The second-order valence-electron chi connectivity index (χ2n) is 10.9. The van der Waals surface area contributed by atoms with Crippen LogP contribution in [0, 0.1) is 11.8 Å². The first-order valence-electron chi connectivity index (χ1n) is 14.4. The van der Waals surface area contributed by atoms with Crippen molar-refractivity contribution in [3.8, 4) is 0 Å². The van der Waals surface area contributed by atoms with Crippen LogP contribution < -0.4 is 9.80 Å². The largest absolute Gasteiger partial charge is 0.465 e. The summed E-state index contributed by atoms with van der Waals surface area (Å²) in [6.07, 6.45) is 5.33. The van der Waals surface area contributed by atoms with E-state index >= 15 is 0 Å². The fraction of sp³-hybridized carbons (Fsp3) is 0.581. The van der Waals surface area contributed by atoms with E-state index in [1.807, 2.05) is 24.3 Å². The van der Waals surface area contributed by atoms with E-state index in [1.54, 1.807) is 24.0 Å². The number of benzene rings is 1. The molecule has 3 aliphatic heterocycles. The molecule has 2 bridgehead atoms. The number of amides is 2. The molecule has 0 aliphatic carbocycles. The van der Waals surface area contributed by atoms with Crippen LogP contribution >= 0.6 is 0 Å². The van der Waals surface area contributed by atoms with Crippen LogP contribution in [0.25, 0.3) is 0 Å². The van der Waals surface area contributed by atoms with E-state index in [-0.39, 0.29) is 31.6 Å². The van der Waals surface area contributed by atoms with Crippen LogP contribution in [0.3, 0.4) is 0 Å². The molecule has 3 fully saturated rings. The fourth-order valence-corrected chi connectivity index (χ4v) is 6.73. The van der Waals surface area contributed by atoms with Crippen molar-refractivity contribution >= 4 is 29.2 Å². The van der Waals surface area contributed by atoms with Gasteiger partial charge in [-0.1, -0.05) is 12.2 Å². The topological polar surface area (TPSA) is 99.6 Å². The first-order chi connectivity index (χ1) is 19.3. The predicted octanol–water partition coefficient (Wildman–Crippen LogP) is 3.32. The van der Waals surface area contributed by atoms with Crippen molar-refractivity contribution in [3.63, 3.8) is 0 Å². The lowest BCUT2D eigenvalue weighted by Gasteiger charge is -2.38. The number of unbranched alkanes of at least 4 members (excludes halogenated alkanes) is 1. The minimum Gasteiger partial charge on any atom is -0.465 e. The van der Waals surface area contributed by atoms with Crippen LogP contribution in [0.2, 0.25) is 0 Å². The Kier molecular flexibility index (Phi) is 9.36. The Morgan fingerprint density at radius 3 is 2.48 bits per heavy atom. The van der Waals surface area contributed by atoms with Gasteiger partial charge in [0.05, 0.1) is 37.2 Å². The van der Waals surface area contributed by atoms with Gasteiger partial charge in [0.1, 0.15) is 11.6 Å². The van der Waals surface area contributed by atoms with Crippen LogP contribution in [0.5, 0.6) is 0 Å². The number of carbonyl (C=O) groups excluding carboxylic acids is 3. The number of aliphatic hydroxyl groups excluding tert-OH is 1. The molecule has 6 atom stereocenters. The molecule has 9 nitrogen and oxygen atoms in total. The second kappa shape index (κ2) is 12.6. The highest BCUT2D eigenvalue weighted by Gasteiger charge is 2.75. The van der Waals surface area contributed by atoms with E-state index < -0.39 is 41.6 Å². The van der Waals surface area contributed by atoms with Gasteiger partial charge in [0.25, 0.3) is 5.91 Å². The molecule has 4 rings (SSSR count). The number of fused-ring (bicyclic) bond motifs is 1. The van der Waals surface area contributed by atoms with Gasteiger partial charge in [-0.15, -0.1) is 13.2 Å². The Labute approximate surface area is 237 Å². The maximum Gasteiger partial charge on any atom is 0.312 e. The average molecular weight is 554 g/mol. The molecule has 2 unspecified atom stereocenters. The van der Waals surface area contributed by atoms with Gasteiger partial charge in [0.15, 0.2) is 0 Å². The molecule has 3 heterocycles. The number of anilines is 2. The summed E-state index contributed by atoms with van der Waals surface area (Å²) >= 11 is 0. The van der Waals surface area contributed by atoms with Crippen LogP contribution in [-0.2, 0) is 23.9 Å². The SMILES string of the molecule is C=CCCCOC(=O)[C@@H]1[C@H]2C(=O)N([C@H](C)CO)C(C(=O)N(CC=C)c3ccc(N(CC)CC)cc3)C23CC[C@H]1O3. The van der Waals surface area contributed by atoms with Crippen molar-refractivity contribution < 1.29 is 29.0 Å². The molecule has 218 valence electrons. The summed E-state index contributed by atoms with van der Waals surface area (Å²) in [5.74, 6) is -2.74. The van der Waals surface area contributed by atoms with Crippen molar-refractivity contribution in [2.24, 2.45) is 11.8 Å². The molecule has 40 heavy (non-hydrogen) atoms. The standard InChI is InChI=1S/C31H43N3O6/c1-6-10-11-19-39-30(38)25-24-16-17-31(40-24)26(25)28(36)34(21(5)20-35)27(31)29(37)33(18-7-2)23-14-12-22(13-15-23)32(8-3)9-4/h6-7,12-15,21,24-27,35H,1-2,8-11,16-20H2,3-5H3/t21-,24-,25+,26+,27?,31?/m1/s1. The molecular weight excluding hydrogens is 510 g/mol. The number of carbonyl (C=O) groups is 3. The van der Waals surface area contributed by atoms with E-state index in [1.165, 1.54) is 4.90 Å². The van der Waals surface area contributed by atoms with Gasteiger partial charge in [0, 0.05) is 31.0 Å². The van der Waals surface area contributed by atoms with E-state index in [0.29, 0.717) is 24.9 Å². The molecule has 9 heteroatoms. The van der Waals surface area contributed by atoms with E-state index in [2.05, 4.69) is 31.9 Å². The van der Waals surface area contributed by atoms with Gasteiger partial charge in [-0.25, -0.2) is 0 Å². The minimum atomic E-state index is -1.16. The minimum absolute atomic E-state index is 0.231. The summed E-state index contributed by atoms with van der Waals surface area (Å²) in [5.41, 5.74) is 0.570. The lowest BCUT2D eigenvalue weighted by molar-refractivity contribution is -0.155. The maximum atomic E-state index is 14.5. The van der Waals surface area contributed by atoms with E-state index in [9.17, 15) is 19.5 Å². The second-order valence-corrected chi connectivity index (χ2v) is 10.9. The number of nitrogens with zero attached hydrogens (tertiary/aromatic N) is 3. The Balaban J connectivity index is 1.68. The molecule has 0 radical (unpaired) electrons. The van der Waals surface area contributed by atoms with Crippen LogP contribution in [0.1, 0.15) is 46.5 Å². The number of hydrogen-bond donors (Lipinski definition) is 1. The number of rotatable bonds is 14. The third-order valence-electron chi connectivity index (χ3n) is 8.65. The number of likely N-dealkylation sites (tertiary alicyclic amines) is 1.